The van der Waals surface area contributed by atoms with E-state index in [1.165, 1.54) is 0 Å². The van der Waals surface area contributed by atoms with Gasteiger partial charge in [-0.2, -0.15) is 0 Å². The molecule has 3 rings (SSSR count). The number of aromatic nitrogens is 1. The summed E-state index contributed by atoms with van der Waals surface area (Å²) in [7, 11) is 0. The highest BCUT2D eigenvalue weighted by molar-refractivity contribution is 7.09. The predicted octanol–water partition coefficient (Wildman–Crippen LogP) is 4.16. The molecule has 3 aromatic rings. The molecular formula is C17H15ClFN3OS. The molecule has 24 heavy (non-hydrogen) atoms. The Morgan fingerprint density at radius 2 is 2.38 bits per heavy atom. The smallest absolute Gasteiger partial charge is 0.187 e. The predicted molar refractivity (Wildman–Crippen MR) is 95.9 cm³/mol. The van der Waals surface area contributed by atoms with E-state index in [0.29, 0.717) is 29.8 Å². The summed E-state index contributed by atoms with van der Waals surface area (Å²) in [6.45, 7) is 2.28. The molecule has 0 aliphatic heterocycles. The Morgan fingerprint density at radius 1 is 1.58 bits per heavy atom. The van der Waals surface area contributed by atoms with Crippen LogP contribution in [0.15, 0.2) is 21.9 Å². The standard InChI is InChI=1S/C17H15ClFN3OS/c1-3-11-12(7-9(2)20)23-16-14(11)22-17(18)13(19)15(16)21-8-10-5-4-6-24-10/h1,4-6,9H,7-8,20H2,2H3,(H,21,22)/t9-/m0/s1. The van der Waals surface area contributed by atoms with Gasteiger partial charge in [0.1, 0.15) is 17.0 Å². The van der Waals surface area contributed by atoms with Crippen LogP contribution in [0.3, 0.4) is 0 Å². The lowest BCUT2D eigenvalue weighted by Crippen LogP contribution is -2.17. The van der Waals surface area contributed by atoms with Crippen molar-refractivity contribution in [2.24, 2.45) is 5.73 Å². The summed E-state index contributed by atoms with van der Waals surface area (Å²) in [5, 5.41) is 4.74. The van der Waals surface area contributed by atoms with Crippen molar-refractivity contribution in [3.8, 4) is 12.3 Å². The lowest BCUT2D eigenvalue weighted by molar-refractivity contribution is 0.522. The van der Waals surface area contributed by atoms with Crippen LogP contribution in [0, 0.1) is 18.2 Å². The van der Waals surface area contributed by atoms with E-state index < -0.39 is 5.82 Å². The molecule has 124 valence electrons. The molecule has 3 aromatic heterocycles. The van der Waals surface area contributed by atoms with Crippen LogP contribution in [0.5, 0.6) is 0 Å². The quantitative estimate of drug-likeness (QED) is 0.527. The molecule has 0 aliphatic rings. The third-order valence-corrected chi connectivity index (χ3v) is 4.59. The fraction of sp³-hybridized carbons (Fsp3) is 0.235. The van der Waals surface area contributed by atoms with Crippen molar-refractivity contribution in [2.75, 3.05) is 5.32 Å². The van der Waals surface area contributed by atoms with Gasteiger partial charge in [-0.25, -0.2) is 9.37 Å². The number of nitrogens with zero attached hydrogens (tertiary/aromatic N) is 1. The second-order valence-corrected chi connectivity index (χ2v) is 6.82. The average molecular weight is 364 g/mol. The Kier molecular flexibility index (Phi) is 4.76. The topological polar surface area (TPSA) is 64.1 Å². The minimum Gasteiger partial charge on any atom is -0.456 e. The number of hydrogen-bond acceptors (Lipinski definition) is 5. The zero-order valence-corrected chi connectivity index (χ0v) is 14.5. The lowest BCUT2D eigenvalue weighted by atomic mass is 10.1. The summed E-state index contributed by atoms with van der Waals surface area (Å²) in [4.78, 5) is 5.11. The van der Waals surface area contributed by atoms with Gasteiger partial charge in [0.05, 0.1) is 5.56 Å². The number of nitrogens with two attached hydrogens (primary N) is 1. The Hall–Kier alpha value is -2.07. The average Bonchev–Trinajstić information content (AvgIpc) is 3.15. The van der Waals surface area contributed by atoms with E-state index in [-0.39, 0.29) is 22.5 Å². The molecule has 4 nitrogen and oxygen atoms in total. The van der Waals surface area contributed by atoms with Crippen LogP contribution in [0.25, 0.3) is 11.1 Å². The molecule has 0 amide bonds. The molecule has 0 radical (unpaired) electrons. The number of rotatable bonds is 5. The largest absolute Gasteiger partial charge is 0.456 e. The SMILES string of the molecule is C#Cc1c(C[C@H](C)N)oc2c(NCc3cccs3)c(F)c(Cl)nc12. The third-order valence-electron chi connectivity index (χ3n) is 3.46. The van der Waals surface area contributed by atoms with Gasteiger partial charge in [-0.1, -0.05) is 23.6 Å². The van der Waals surface area contributed by atoms with Crippen molar-refractivity contribution in [1.82, 2.24) is 4.98 Å². The fourth-order valence-electron chi connectivity index (χ4n) is 2.43. The second kappa shape index (κ2) is 6.81. The van der Waals surface area contributed by atoms with Crippen molar-refractivity contribution in [2.45, 2.75) is 25.9 Å². The first-order valence-corrected chi connectivity index (χ1v) is 8.55. The highest BCUT2D eigenvalue weighted by atomic mass is 35.5. The van der Waals surface area contributed by atoms with Gasteiger partial charge in [0.25, 0.3) is 0 Å². The van der Waals surface area contributed by atoms with Crippen LogP contribution >= 0.6 is 22.9 Å². The minimum absolute atomic E-state index is 0.152. The molecule has 7 heteroatoms. The number of hydrogen-bond donors (Lipinski definition) is 2. The molecule has 0 aromatic carbocycles. The molecule has 0 aliphatic carbocycles. The molecule has 3 heterocycles. The van der Waals surface area contributed by atoms with Gasteiger partial charge in [0.2, 0.25) is 0 Å². The Bertz CT molecular complexity index is 912. The number of halogens is 2. The van der Waals surface area contributed by atoms with Crippen LogP contribution in [0.1, 0.15) is 23.1 Å². The van der Waals surface area contributed by atoms with Crippen LogP contribution in [0.2, 0.25) is 5.15 Å². The lowest BCUT2D eigenvalue weighted by Gasteiger charge is -2.08. The van der Waals surface area contributed by atoms with Gasteiger partial charge in [-0.3, -0.25) is 0 Å². The molecule has 0 spiro atoms. The summed E-state index contributed by atoms with van der Waals surface area (Å²) in [6.07, 6.45) is 6.01. The van der Waals surface area contributed by atoms with Crippen LogP contribution in [-0.2, 0) is 13.0 Å². The van der Waals surface area contributed by atoms with Crippen molar-refractivity contribution >= 4 is 39.7 Å². The van der Waals surface area contributed by atoms with Gasteiger partial charge >= 0.3 is 0 Å². The maximum Gasteiger partial charge on any atom is 0.187 e. The van der Waals surface area contributed by atoms with Crippen molar-refractivity contribution < 1.29 is 8.81 Å². The number of terminal acetylenes is 1. The molecule has 0 saturated heterocycles. The van der Waals surface area contributed by atoms with Crippen LogP contribution in [-0.4, -0.2) is 11.0 Å². The Morgan fingerprint density at radius 3 is 3.00 bits per heavy atom. The van der Waals surface area contributed by atoms with Gasteiger partial charge in [-0.15, -0.1) is 17.8 Å². The molecule has 0 saturated carbocycles. The first-order chi connectivity index (χ1) is 11.5. The molecule has 1 atom stereocenters. The minimum atomic E-state index is -0.662. The van der Waals surface area contributed by atoms with E-state index in [9.17, 15) is 4.39 Å². The van der Waals surface area contributed by atoms with E-state index in [2.05, 4.69) is 16.2 Å². The normalized spacial score (nSPS) is 12.3. The zero-order chi connectivity index (χ0) is 17.3. The van der Waals surface area contributed by atoms with Crippen molar-refractivity contribution in [3.63, 3.8) is 0 Å². The molecule has 0 bridgehead atoms. The van der Waals surface area contributed by atoms with Crippen LogP contribution < -0.4 is 11.1 Å². The molecule has 3 N–H and O–H groups in total. The van der Waals surface area contributed by atoms with Gasteiger partial charge in [-0.05, 0) is 18.4 Å². The number of thiophene rings is 1. The number of furan rings is 1. The third kappa shape index (κ3) is 3.11. The Labute approximate surface area is 147 Å². The summed E-state index contributed by atoms with van der Waals surface area (Å²) in [5.41, 5.74) is 7.08. The maximum atomic E-state index is 14.5. The van der Waals surface area contributed by atoms with E-state index in [4.69, 9.17) is 28.2 Å². The monoisotopic (exact) mass is 363 g/mol. The van der Waals surface area contributed by atoms with Gasteiger partial charge in [0.15, 0.2) is 16.6 Å². The number of pyridine rings is 1. The van der Waals surface area contributed by atoms with Crippen molar-refractivity contribution in [3.05, 3.63) is 44.7 Å². The molecule has 0 fully saturated rings. The highest BCUT2D eigenvalue weighted by Crippen LogP contribution is 2.35. The first kappa shape index (κ1) is 16.8. The summed E-state index contributed by atoms with van der Waals surface area (Å²) in [5.74, 6) is 2.40. The molecule has 0 unspecified atom stereocenters. The second-order valence-electron chi connectivity index (χ2n) is 5.43. The van der Waals surface area contributed by atoms with E-state index >= 15 is 0 Å². The summed E-state index contributed by atoms with van der Waals surface area (Å²) in [6, 6.07) is 3.73. The molecular weight excluding hydrogens is 349 g/mol. The van der Waals surface area contributed by atoms with Gasteiger partial charge < -0.3 is 15.5 Å². The van der Waals surface area contributed by atoms with Gasteiger partial charge in [0, 0.05) is 23.9 Å². The number of nitrogens with one attached hydrogen (secondary N) is 1. The van der Waals surface area contributed by atoms with E-state index in [1.54, 1.807) is 11.3 Å². The Balaban J connectivity index is 2.11. The fourth-order valence-corrected chi connectivity index (χ4v) is 3.25. The highest BCUT2D eigenvalue weighted by Gasteiger charge is 2.23. The number of fused-ring (bicyclic) bond motifs is 1. The zero-order valence-electron chi connectivity index (χ0n) is 12.9. The van der Waals surface area contributed by atoms with E-state index in [1.807, 2.05) is 24.4 Å². The van der Waals surface area contributed by atoms with E-state index in [0.717, 1.165) is 4.88 Å². The summed E-state index contributed by atoms with van der Waals surface area (Å²) < 4.78 is 20.3. The first-order valence-electron chi connectivity index (χ1n) is 7.30. The summed E-state index contributed by atoms with van der Waals surface area (Å²) >= 11 is 7.50. The maximum absolute atomic E-state index is 14.5. The number of anilines is 1. The van der Waals surface area contributed by atoms with Crippen molar-refractivity contribution in [1.29, 1.82) is 0 Å². The van der Waals surface area contributed by atoms with Crippen LogP contribution in [0.4, 0.5) is 10.1 Å².